The van der Waals surface area contributed by atoms with Gasteiger partial charge in [0.2, 0.25) is 0 Å². The number of amides is 1. The Hall–Kier alpha value is -2.12. The predicted octanol–water partition coefficient (Wildman–Crippen LogP) is 2.65. The monoisotopic (exact) mass is 364 g/mol. The zero-order valence-corrected chi connectivity index (χ0v) is 15.9. The molecule has 1 aliphatic heterocycles. The van der Waals surface area contributed by atoms with Crippen molar-refractivity contribution in [1.82, 2.24) is 10.4 Å². The highest BCUT2D eigenvalue weighted by molar-refractivity contribution is 5.81. The van der Waals surface area contributed by atoms with E-state index in [1.165, 1.54) is 12.0 Å². The fraction of sp³-hybridized carbons (Fsp3) is 0.579. The summed E-state index contributed by atoms with van der Waals surface area (Å²) in [7, 11) is 1.32. The molecule has 1 heterocycles. The van der Waals surface area contributed by atoms with Gasteiger partial charge in [0.1, 0.15) is 11.6 Å². The number of nitrogens with one attached hydrogen (secondary N) is 1. The highest BCUT2D eigenvalue weighted by Gasteiger charge is 2.38. The van der Waals surface area contributed by atoms with E-state index in [0.29, 0.717) is 26.0 Å². The number of benzene rings is 1. The molecular formula is C19H28N2O5. The highest BCUT2D eigenvalue weighted by Crippen LogP contribution is 2.22. The number of methoxy groups -OCH3 is 1. The minimum Gasteiger partial charge on any atom is -0.467 e. The van der Waals surface area contributed by atoms with Crippen molar-refractivity contribution in [2.45, 2.75) is 57.9 Å². The average Bonchev–Trinajstić information content (AvgIpc) is 2.60. The van der Waals surface area contributed by atoms with E-state index in [0.717, 1.165) is 5.56 Å². The minimum atomic E-state index is -0.637. The van der Waals surface area contributed by atoms with E-state index >= 15 is 0 Å². The Labute approximate surface area is 154 Å². The first-order valence-corrected chi connectivity index (χ1v) is 8.79. The maximum absolute atomic E-state index is 12.5. The zero-order chi connectivity index (χ0) is 19.2. The molecule has 1 fully saturated rings. The van der Waals surface area contributed by atoms with E-state index in [1.807, 2.05) is 30.3 Å². The molecule has 1 N–H and O–H groups in total. The van der Waals surface area contributed by atoms with Gasteiger partial charge in [0, 0.05) is 6.54 Å². The third kappa shape index (κ3) is 6.00. The average molecular weight is 364 g/mol. The SMILES string of the molecule is COC(=O)C1CCC(NOCc2ccccc2)CN1C(=O)OC(C)(C)C. The van der Waals surface area contributed by atoms with Crippen LogP contribution in [0.25, 0.3) is 0 Å². The Kier molecular flexibility index (Phi) is 6.99. The van der Waals surface area contributed by atoms with Crippen LogP contribution in [0.3, 0.4) is 0 Å². The maximum Gasteiger partial charge on any atom is 0.411 e. The lowest BCUT2D eigenvalue weighted by molar-refractivity contribution is -0.149. The van der Waals surface area contributed by atoms with Gasteiger partial charge in [-0.25, -0.2) is 9.59 Å². The van der Waals surface area contributed by atoms with Crippen molar-refractivity contribution in [3.8, 4) is 0 Å². The second-order valence-electron chi connectivity index (χ2n) is 7.34. The summed E-state index contributed by atoms with van der Waals surface area (Å²) in [6.45, 7) is 6.11. The number of likely N-dealkylation sites (tertiary alicyclic amines) is 1. The molecule has 2 rings (SSSR count). The van der Waals surface area contributed by atoms with Crippen molar-refractivity contribution in [2.24, 2.45) is 0 Å². The molecule has 0 aliphatic carbocycles. The van der Waals surface area contributed by atoms with Gasteiger partial charge in [-0.2, -0.15) is 5.48 Å². The number of hydrogen-bond acceptors (Lipinski definition) is 6. The van der Waals surface area contributed by atoms with Crippen molar-refractivity contribution in [1.29, 1.82) is 0 Å². The molecule has 1 aromatic rings. The Morgan fingerprint density at radius 1 is 1.19 bits per heavy atom. The van der Waals surface area contributed by atoms with Crippen LogP contribution in [0.1, 0.15) is 39.2 Å². The van der Waals surface area contributed by atoms with Crippen LogP contribution in [0.15, 0.2) is 30.3 Å². The second-order valence-corrected chi connectivity index (χ2v) is 7.34. The summed E-state index contributed by atoms with van der Waals surface area (Å²) in [5.74, 6) is -0.431. The van der Waals surface area contributed by atoms with E-state index in [4.69, 9.17) is 14.3 Å². The van der Waals surface area contributed by atoms with Gasteiger partial charge in [-0.05, 0) is 39.2 Å². The van der Waals surface area contributed by atoms with Gasteiger partial charge in [-0.15, -0.1) is 0 Å². The zero-order valence-electron chi connectivity index (χ0n) is 15.9. The third-order valence-corrected chi connectivity index (χ3v) is 4.01. The van der Waals surface area contributed by atoms with Crippen molar-refractivity contribution in [2.75, 3.05) is 13.7 Å². The van der Waals surface area contributed by atoms with Crippen molar-refractivity contribution in [3.05, 3.63) is 35.9 Å². The van der Waals surface area contributed by atoms with Crippen molar-refractivity contribution < 1.29 is 23.9 Å². The number of rotatable bonds is 5. The van der Waals surface area contributed by atoms with Gasteiger partial charge in [-0.3, -0.25) is 9.74 Å². The molecule has 144 valence electrons. The van der Waals surface area contributed by atoms with Gasteiger partial charge in [-0.1, -0.05) is 30.3 Å². The summed E-state index contributed by atoms with van der Waals surface area (Å²) in [6, 6.07) is 9.07. The summed E-state index contributed by atoms with van der Waals surface area (Å²) < 4.78 is 10.3. The molecule has 0 saturated carbocycles. The van der Waals surface area contributed by atoms with Gasteiger partial charge in [0.15, 0.2) is 0 Å². The highest BCUT2D eigenvalue weighted by atomic mass is 16.6. The Balaban J connectivity index is 1.94. The van der Waals surface area contributed by atoms with Crippen LogP contribution in [-0.2, 0) is 25.7 Å². The number of hydroxylamine groups is 1. The van der Waals surface area contributed by atoms with Crippen molar-refractivity contribution >= 4 is 12.1 Å². The molecule has 2 unspecified atom stereocenters. The molecule has 1 amide bonds. The standard InChI is InChI=1S/C19H28N2O5/c1-19(2,3)26-18(23)21-12-15(10-11-16(21)17(22)24-4)20-25-13-14-8-6-5-7-9-14/h5-9,15-16,20H,10-13H2,1-4H3. The molecule has 0 radical (unpaired) electrons. The topological polar surface area (TPSA) is 77.1 Å². The van der Waals surface area contributed by atoms with Gasteiger partial charge in [0.05, 0.1) is 19.8 Å². The third-order valence-electron chi connectivity index (χ3n) is 4.01. The number of esters is 1. The number of nitrogens with zero attached hydrogens (tertiary/aromatic N) is 1. The normalized spacial score (nSPS) is 20.5. The van der Waals surface area contributed by atoms with Gasteiger partial charge in [0.25, 0.3) is 0 Å². The van der Waals surface area contributed by atoms with Gasteiger partial charge < -0.3 is 9.47 Å². The van der Waals surface area contributed by atoms with Crippen LogP contribution in [0.2, 0.25) is 0 Å². The number of piperidine rings is 1. The van der Waals surface area contributed by atoms with E-state index in [9.17, 15) is 9.59 Å². The van der Waals surface area contributed by atoms with Crippen LogP contribution >= 0.6 is 0 Å². The number of hydrogen-bond donors (Lipinski definition) is 1. The summed E-state index contributed by atoms with van der Waals surface area (Å²) >= 11 is 0. The molecule has 1 aromatic carbocycles. The molecule has 1 aliphatic rings. The summed E-state index contributed by atoms with van der Waals surface area (Å²) in [5.41, 5.74) is 3.41. The molecule has 0 spiro atoms. The van der Waals surface area contributed by atoms with E-state index < -0.39 is 23.7 Å². The van der Waals surface area contributed by atoms with E-state index in [-0.39, 0.29) is 6.04 Å². The van der Waals surface area contributed by atoms with Crippen LogP contribution < -0.4 is 5.48 Å². The molecule has 0 bridgehead atoms. The lowest BCUT2D eigenvalue weighted by Gasteiger charge is -2.38. The fourth-order valence-electron chi connectivity index (χ4n) is 2.79. The van der Waals surface area contributed by atoms with E-state index in [1.54, 1.807) is 20.8 Å². The molecular weight excluding hydrogens is 336 g/mol. The lowest BCUT2D eigenvalue weighted by atomic mass is 9.99. The first kappa shape index (κ1) is 20.2. The number of ether oxygens (including phenoxy) is 2. The molecule has 1 saturated heterocycles. The summed E-state index contributed by atoms with van der Waals surface area (Å²) in [4.78, 5) is 31.5. The molecule has 26 heavy (non-hydrogen) atoms. The lowest BCUT2D eigenvalue weighted by Crippen LogP contribution is -2.56. The maximum atomic E-state index is 12.5. The molecule has 0 aromatic heterocycles. The van der Waals surface area contributed by atoms with Crippen molar-refractivity contribution in [3.63, 3.8) is 0 Å². The second kappa shape index (κ2) is 9.00. The Morgan fingerprint density at radius 3 is 2.50 bits per heavy atom. The fourth-order valence-corrected chi connectivity index (χ4v) is 2.79. The molecule has 7 heteroatoms. The van der Waals surface area contributed by atoms with Gasteiger partial charge >= 0.3 is 12.1 Å². The number of carbonyl (C=O) groups is 2. The Morgan fingerprint density at radius 2 is 1.88 bits per heavy atom. The molecule has 2 atom stereocenters. The largest absolute Gasteiger partial charge is 0.467 e. The van der Waals surface area contributed by atoms with Crippen LogP contribution in [-0.4, -0.2) is 48.3 Å². The van der Waals surface area contributed by atoms with Crippen LogP contribution in [0, 0.1) is 0 Å². The summed E-state index contributed by atoms with van der Waals surface area (Å²) in [5, 5.41) is 0. The first-order valence-electron chi connectivity index (χ1n) is 8.79. The Bertz CT molecular complexity index is 600. The van der Waals surface area contributed by atoms with Crippen LogP contribution in [0.5, 0.6) is 0 Å². The van der Waals surface area contributed by atoms with E-state index in [2.05, 4.69) is 5.48 Å². The predicted molar refractivity (Wildman–Crippen MR) is 96.1 cm³/mol. The minimum absolute atomic E-state index is 0.0906. The quantitative estimate of drug-likeness (QED) is 0.639. The summed E-state index contributed by atoms with van der Waals surface area (Å²) in [6.07, 6.45) is 0.647. The first-order chi connectivity index (χ1) is 12.3. The molecule has 7 nitrogen and oxygen atoms in total. The number of carbonyl (C=O) groups excluding carboxylic acids is 2. The smallest absolute Gasteiger partial charge is 0.411 e. The van der Waals surface area contributed by atoms with Crippen LogP contribution in [0.4, 0.5) is 4.79 Å².